The summed E-state index contributed by atoms with van der Waals surface area (Å²) in [5.74, 6) is 0.889. The highest BCUT2D eigenvalue weighted by molar-refractivity contribution is 9.10. The van der Waals surface area contributed by atoms with E-state index in [0.717, 1.165) is 35.1 Å². The summed E-state index contributed by atoms with van der Waals surface area (Å²) in [5.41, 5.74) is 1.69. The van der Waals surface area contributed by atoms with Crippen molar-refractivity contribution in [3.8, 4) is 0 Å². The number of amides is 1. The molecule has 0 saturated heterocycles. The Morgan fingerprint density at radius 3 is 3.05 bits per heavy atom. The van der Waals surface area contributed by atoms with Gasteiger partial charge in [0.25, 0.3) is 5.91 Å². The molecule has 1 aromatic heterocycles. The quantitative estimate of drug-likeness (QED) is 0.862. The Hall–Kier alpha value is -1.26. The van der Waals surface area contributed by atoms with Crippen LogP contribution >= 0.6 is 27.5 Å². The molecule has 1 heterocycles. The van der Waals surface area contributed by atoms with Crippen molar-refractivity contribution < 1.29 is 9.21 Å². The van der Waals surface area contributed by atoms with E-state index in [1.807, 2.05) is 6.07 Å². The highest BCUT2D eigenvalue weighted by atomic mass is 79.9. The first kappa shape index (κ1) is 13.7. The van der Waals surface area contributed by atoms with Crippen molar-refractivity contribution in [3.05, 3.63) is 56.9 Å². The number of fused-ring (bicyclic) bond motifs is 1. The van der Waals surface area contributed by atoms with Gasteiger partial charge >= 0.3 is 0 Å². The summed E-state index contributed by atoms with van der Waals surface area (Å²) in [5, 5.41) is 3.66. The lowest BCUT2D eigenvalue weighted by Crippen LogP contribution is -2.30. The van der Waals surface area contributed by atoms with Crippen molar-refractivity contribution >= 4 is 33.4 Å². The Kier molecular flexibility index (Phi) is 3.85. The number of hydrogen-bond acceptors (Lipinski definition) is 2. The fourth-order valence-corrected chi connectivity index (χ4v) is 3.01. The second-order valence-corrected chi connectivity index (χ2v) is 6.11. The average molecular weight is 355 g/mol. The predicted octanol–water partition coefficient (Wildman–Crippen LogP) is 4.50. The molecule has 1 N–H and O–H groups in total. The van der Waals surface area contributed by atoms with Crippen molar-refractivity contribution in [2.75, 3.05) is 0 Å². The zero-order chi connectivity index (χ0) is 14.1. The van der Waals surface area contributed by atoms with E-state index < -0.39 is 0 Å². The summed E-state index contributed by atoms with van der Waals surface area (Å²) < 4.78 is 6.15. The smallest absolute Gasteiger partial charge is 0.251 e. The molecule has 20 heavy (non-hydrogen) atoms. The molecule has 0 radical (unpaired) electrons. The number of rotatable bonds is 2. The van der Waals surface area contributed by atoms with E-state index in [2.05, 4.69) is 21.2 Å². The van der Waals surface area contributed by atoms with Crippen LogP contribution < -0.4 is 5.32 Å². The van der Waals surface area contributed by atoms with E-state index in [4.69, 9.17) is 16.0 Å². The van der Waals surface area contributed by atoms with E-state index in [0.29, 0.717) is 10.6 Å². The van der Waals surface area contributed by atoms with Gasteiger partial charge in [0, 0.05) is 22.0 Å². The van der Waals surface area contributed by atoms with Crippen LogP contribution in [0.3, 0.4) is 0 Å². The molecular weight excluding hydrogens is 342 g/mol. The molecule has 3 nitrogen and oxygen atoms in total. The van der Waals surface area contributed by atoms with Crippen LogP contribution in [0, 0.1) is 0 Å². The van der Waals surface area contributed by atoms with Crippen molar-refractivity contribution in [1.82, 2.24) is 5.32 Å². The van der Waals surface area contributed by atoms with Gasteiger partial charge in [0.2, 0.25) is 0 Å². The maximum atomic E-state index is 12.3. The number of halogens is 2. The maximum Gasteiger partial charge on any atom is 0.251 e. The molecule has 0 aliphatic heterocycles. The Bertz CT molecular complexity index is 653. The predicted molar refractivity (Wildman–Crippen MR) is 81.0 cm³/mol. The molecule has 0 bridgehead atoms. The topological polar surface area (TPSA) is 42.2 Å². The summed E-state index contributed by atoms with van der Waals surface area (Å²) in [6.07, 6.45) is 4.60. The van der Waals surface area contributed by atoms with Crippen molar-refractivity contribution in [2.45, 2.75) is 25.3 Å². The number of carbonyl (C=O) groups excluding carboxylic acids is 1. The minimum Gasteiger partial charge on any atom is -0.469 e. The number of benzene rings is 1. The number of hydrogen-bond donors (Lipinski definition) is 1. The first-order valence-electron chi connectivity index (χ1n) is 6.47. The van der Waals surface area contributed by atoms with Gasteiger partial charge in [-0.15, -0.1) is 0 Å². The normalized spacial score (nSPS) is 17.6. The number of nitrogens with one attached hydrogen (secondary N) is 1. The van der Waals surface area contributed by atoms with Gasteiger partial charge in [0.15, 0.2) is 0 Å². The van der Waals surface area contributed by atoms with Crippen LogP contribution in [-0.2, 0) is 6.42 Å². The highest BCUT2D eigenvalue weighted by Crippen LogP contribution is 2.31. The Balaban J connectivity index is 1.79. The summed E-state index contributed by atoms with van der Waals surface area (Å²) in [4.78, 5) is 12.3. The minimum absolute atomic E-state index is 0.0273. The molecular formula is C15H13BrClNO2. The molecule has 2 aromatic rings. The second kappa shape index (κ2) is 5.62. The molecule has 1 amide bonds. The van der Waals surface area contributed by atoms with Crippen LogP contribution in [0.2, 0.25) is 5.02 Å². The number of furan rings is 1. The highest BCUT2D eigenvalue weighted by Gasteiger charge is 2.24. The third-order valence-corrected chi connectivity index (χ3v) is 4.75. The molecule has 0 spiro atoms. The average Bonchev–Trinajstić information content (AvgIpc) is 2.91. The molecule has 1 atom stereocenters. The fraction of sp³-hybridized carbons (Fsp3) is 0.267. The molecule has 5 heteroatoms. The number of aryl methyl sites for hydroxylation is 1. The van der Waals surface area contributed by atoms with E-state index in [-0.39, 0.29) is 11.9 Å². The van der Waals surface area contributed by atoms with Crippen LogP contribution in [0.1, 0.15) is 40.6 Å². The molecule has 1 aromatic carbocycles. The molecule has 1 aliphatic carbocycles. The van der Waals surface area contributed by atoms with Crippen LogP contribution in [0.5, 0.6) is 0 Å². The van der Waals surface area contributed by atoms with Crippen molar-refractivity contribution in [3.63, 3.8) is 0 Å². The lowest BCUT2D eigenvalue weighted by atomic mass is 9.93. The van der Waals surface area contributed by atoms with Crippen LogP contribution in [0.15, 0.2) is 39.4 Å². The largest absolute Gasteiger partial charge is 0.469 e. The second-order valence-electron chi connectivity index (χ2n) is 4.85. The Morgan fingerprint density at radius 2 is 2.25 bits per heavy atom. The van der Waals surface area contributed by atoms with E-state index in [9.17, 15) is 4.79 Å². The van der Waals surface area contributed by atoms with Crippen LogP contribution in [-0.4, -0.2) is 5.91 Å². The van der Waals surface area contributed by atoms with Gasteiger partial charge in [0.05, 0.1) is 17.3 Å². The summed E-state index contributed by atoms with van der Waals surface area (Å²) >= 11 is 9.27. The van der Waals surface area contributed by atoms with Gasteiger partial charge in [0.1, 0.15) is 5.76 Å². The summed E-state index contributed by atoms with van der Waals surface area (Å²) in [7, 11) is 0. The Morgan fingerprint density at radius 1 is 1.40 bits per heavy atom. The summed E-state index contributed by atoms with van der Waals surface area (Å²) in [6, 6.07) is 7.14. The molecule has 0 saturated carbocycles. The van der Waals surface area contributed by atoms with E-state index in [1.165, 1.54) is 0 Å². The van der Waals surface area contributed by atoms with Gasteiger partial charge in [-0.05, 0) is 53.0 Å². The molecule has 104 valence electrons. The summed E-state index contributed by atoms with van der Waals surface area (Å²) in [6.45, 7) is 0. The first-order chi connectivity index (χ1) is 9.65. The van der Waals surface area contributed by atoms with Gasteiger partial charge in [-0.1, -0.05) is 11.6 Å². The first-order valence-corrected chi connectivity index (χ1v) is 7.64. The monoisotopic (exact) mass is 353 g/mol. The molecule has 1 unspecified atom stereocenters. The SMILES string of the molecule is O=C(NC1CCCc2occc21)c1ccc(Cl)c(Br)c1. The standard InChI is InChI=1S/C15H13BrClNO2/c16-11-8-9(4-5-12(11)17)15(19)18-13-2-1-3-14-10(13)6-7-20-14/h4-8,13H,1-3H2,(H,18,19). The fourth-order valence-electron chi connectivity index (χ4n) is 2.52. The third-order valence-electron chi connectivity index (χ3n) is 3.54. The number of carbonyl (C=O) groups is 1. The van der Waals surface area contributed by atoms with Crippen molar-refractivity contribution in [2.24, 2.45) is 0 Å². The zero-order valence-corrected chi connectivity index (χ0v) is 13.0. The maximum absolute atomic E-state index is 12.3. The molecule has 3 rings (SSSR count). The van der Waals surface area contributed by atoms with Crippen LogP contribution in [0.25, 0.3) is 0 Å². The van der Waals surface area contributed by atoms with Crippen molar-refractivity contribution in [1.29, 1.82) is 0 Å². The lowest BCUT2D eigenvalue weighted by Gasteiger charge is -2.22. The van der Waals surface area contributed by atoms with E-state index in [1.54, 1.807) is 24.5 Å². The molecule has 0 fully saturated rings. The third kappa shape index (κ3) is 2.63. The zero-order valence-electron chi connectivity index (χ0n) is 10.7. The van der Waals surface area contributed by atoms with Crippen LogP contribution in [0.4, 0.5) is 0 Å². The van der Waals surface area contributed by atoms with Gasteiger partial charge in [-0.3, -0.25) is 4.79 Å². The molecule has 1 aliphatic rings. The lowest BCUT2D eigenvalue weighted by molar-refractivity contribution is 0.0932. The van der Waals surface area contributed by atoms with Gasteiger partial charge in [-0.2, -0.15) is 0 Å². The van der Waals surface area contributed by atoms with E-state index >= 15 is 0 Å². The van der Waals surface area contributed by atoms with Gasteiger partial charge < -0.3 is 9.73 Å². The minimum atomic E-state index is -0.0959. The van der Waals surface area contributed by atoms with Gasteiger partial charge in [-0.25, -0.2) is 0 Å². The Labute approximate surface area is 130 Å².